The van der Waals surface area contributed by atoms with Crippen molar-refractivity contribution >= 4 is 27.5 Å². The number of thiophene rings is 1. The van der Waals surface area contributed by atoms with E-state index in [-0.39, 0.29) is 17.9 Å². The van der Waals surface area contributed by atoms with Gasteiger partial charge in [-0.3, -0.25) is 9.36 Å². The van der Waals surface area contributed by atoms with Gasteiger partial charge in [-0.2, -0.15) is 0 Å². The lowest BCUT2D eigenvalue weighted by atomic mass is 10.0. The molecule has 4 aromatic rings. The van der Waals surface area contributed by atoms with E-state index in [1.807, 2.05) is 17.5 Å². The number of carbonyl (C=O) groups excluding carboxylic acids is 1. The first-order valence-electron chi connectivity index (χ1n) is 9.26. The molecule has 148 valence electrons. The molecule has 3 aromatic heterocycles. The lowest BCUT2D eigenvalue weighted by molar-refractivity contribution is 0.0563. The number of hydrogen-bond donors (Lipinski definition) is 0. The average Bonchev–Trinajstić information content (AvgIpc) is 3.38. The first-order valence-corrected chi connectivity index (χ1v) is 10.1. The second kappa shape index (κ2) is 7.67. The van der Waals surface area contributed by atoms with Gasteiger partial charge in [0.2, 0.25) is 5.76 Å². The summed E-state index contributed by atoms with van der Waals surface area (Å²) in [5, 5.41) is 2.58. The highest BCUT2D eigenvalue weighted by Crippen LogP contribution is 2.31. The number of aromatic nitrogens is 2. The molecule has 0 fully saturated rings. The van der Waals surface area contributed by atoms with E-state index < -0.39 is 5.97 Å². The lowest BCUT2D eigenvalue weighted by Gasteiger charge is -2.09. The Balaban J connectivity index is 1.78. The fourth-order valence-corrected chi connectivity index (χ4v) is 4.26. The minimum Gasteiger partial charge on any atom is -0.463 e. The second-order valence-corrected chi connectivity index (χ2v) is 7.55. The molecule has 0 saturated carbocycles. The SMILES string of the molecule is CCc1ccc(-c2csc3nc(C)n(Cc4ccc(C(=O)OC)o4)c(=O)c23)cc1. The number of esters is 1. The van der Waals surface area contributed by atoms with Crippen LogP contribution in [-0.4, -0.2) is 22.6 Å². The largest absolute Gasteiger partial charge is 0.463 e. The molecule has 0 aliphatic carbocycles. The highest BCUT2D eigenvalue weighted by atomic mass is 32.1. The van der Waals surface area contributed by atoms with E-state index in [0.29, 0.717) is 21.8 Å². The molecule has 0 amide bonds. The molecule has 1 aromatic carbocycles. The summed E-state index contributed by atoms with van der Waals surface area (Å²) in [6.07, 6.45) is 0.967. The van der Waals surface area contributed by atoms with Gasteiger partial charge in [-0.05, 0) is 36.6 Å². The van der Waals surface area contributed by atoms with E-state index in [4.69, 9.17) is 4.42 Å². The van der Waals surface area contributed by atoms with Gasteiger partial charge in [0.25, 0.3) is 5.56 Å². The molecule has 0 saturated heterocycles. The molecule has 0 bridgehead atoms. The van der Waals surface area contributed by atoms with Gasteiger partial charge in [0.05, 0.1) is 19.0 Å². The van der Waals surface area contributed by atoms with Gasteiger partial charge >= 0.3 is 5.97 Å². The van der Waals surface area contributed by atoms with Crippen molar-refractivity contribution in [2.45, 2.75) is 26.8 Å². The molecule has 0 spiro atoms. The molecular weight excluding hydrogens is 388 g/mol. The summed E-state index contributed by atoms with van der Waals surface area (Å²) in [7, 11) is 1.29. The molecule has 4 rings (SSSR count). The van der Waals surface area contributed by atoms with Gasteiger partial charge in [0.15, 0.2) is 0 Å². The van der Waals surface area contributed by atoms with Crippen LogP contribution in [0.5, 0.6) is 0 Å². The van der Waals surface area contributed by atoms with E-state index >= 15 is 0 Å². The molecular formula is C22H20N2O4S. The highest BCUT2D eigenvalue weighted by molar-refractivity contribution is 7.17. The van der Waals surface area contributed by atoms with Crippen molar-refractivity contribution in [3.8, 4) is 11.1 Å². The maximum absolute atomic E-state index is 13.3. The number of hydrogen-bond acceptors (Lipinski definition) is 6. The third-order valence-corrected chi connectivity index (χ3v) is 5.79. The van der Waals surface area contributed by atoms with Gasteiger partial charge in [-0.15, -0.1) is 11.3 Å². The Morgan fingerprint density at radius 2 is 1.97 bits per heavy atom. The zero-order chi connectivity index (χ0) is 20.5. The van der Waals surface area contributed by atoms with E-state index in [0.717, 1.165) is 17.5 Å². The topological polar surface area (TPSA) is 74.3 Å². The molecule has 0 aliphatic heterocycles. The Morgan fingerprint density at radius 1 is 1.21 bits per heavy atom. The summed E-state index contributed by atoms with van der Waals surface area (Å²) in [4.78, 5) is 30.3. The molecule has 29 heavy (non-hydrogen) atoms. The van der Waals surface area contributed by atoms with Crippen molar-refractivity contribution in [1.29, 1.82) is 0 Å². The summed E-state index contributed by atoms with van der Waals surface area (Å²) in [6, 6.07) is 11.4. The van der Waals surface area contributed by atoms with Crippen LogP contribution in [0.4, 0.5) is 0 Å². The summed E-state index contributed by atoms with van der Waals surface area (Å²) in [6.45, 7) is 4.09. The molecule has 0 aliphatic rings. The van der Waals surface area contributed by atoms with E-state index in [1.54, 1.807) is 23.6 Å². The van der Waals surface area contributed by atoms with Crippen LogP contribution in [0, 0.1) is 6.92 Å². The summed E-state index contributed by atoms with van der Waals surface area (Å²) >= 11 is 1.46. The quantitative estimate of drug-likeness (QED) is 0.457. The number of carbonyl (C=O) groups is 1. The van der Waals surface area contributed by atoms with Gasteiger partial charge in [-0.25, -0.2) is 9.78 Å². The number of ether oxygens (including phenoxy) is 1. The van der Waals surface area contributed by atoms with Crippen LogP contribution in [0.2, 0.25) is 0 Å². The van der Waals surface area contributed by atoms with Gasteiger partial charge in [0, 0.05) is 10.9 Å². The number of methoxy groups -OCH3 is 1. The molecule has 7 heteroatoms. The van der Waals surface area contributed by atoms with Crippen LogP contribution in [0.3, 0.4) is 0 Å². The van der Waals surface area contributed by atoms with Crippen LogP contribution in [-0.2, 0) is 17.7 Å². The monoisotopic (exact) mass is 408 g/mol. The smallest absolute Gasteiger partial charge is 0.373 e. The standard InChI is InChI=1S/C22H20N2O4S/c1-4-14-5-7-15(8-6-14)17-12-29-20-19(17)21(25)24(13(2)23-20)11-16-9-10-18(28-16)22(26)27-3/h5-10,12H,4,11H2,1-3H3. The van der Waals surface area contributed by atoms with Crippen molar-refractivity contribution in [3.63, 3.8) is 0 Å². The molecule has 6 nitrogen and oxygen atoms in total. The minimum atomic E-state index is -0.551. The number of nitrogens with zero attached hydrogens (tertiary/aromatic N) is 2. The van der Waals surface area contributed by atoms with Crippen LogP contribution in [0.25, 0.3) is 21.3 Å². The predicted octanol–water partition coefficient (Wildman–Crippen LogP) is 4.42. The van der Waals surface area contributed by atoms with Crippen molar-refractivity contribution in [3.05, 3.63) is 75.0 Å². The maximum Gasteiger partial charge on any atom is 0.373 e. The van der Waals surface area contributed by atoms with E-state index in [2.05, 4.69) is 28.8 Å². The Labute approximate surface area is 171 Å². The number of fused-ring (bicyclic) bond motifs is 1. The maximum atomic E-state index is 13.3. The van der Waals surface area contributed by atoms with Crippen molar-refractivity contribution in [1.82, 2.24) is 9.55 Å². The number of rotatable bonds is 5. The Kier molecular flexibility index (Phi) is 5.07. The Hall–Kier alpha value is -3.19. The molecule has 0 unspecified atom stereocenters. The number of furan rings is 1. The fourth-order valence-electron chi connectivity index (χ4n) is 3.27. The van der Waals surface area contributed by atoms with Crippen molar-refractivity contribution in [2.24, 2.45) is 0 Å². The zero-order valence-corrected chi connectivity index (χ0v) is 17.2. The van der Waals surface area contributed by atoms with E-state index in [1.165, 1.54) is 24.0 Å². The summed E-state index contributed by atoms with van der Waals surface area (Å²) in [5.41, 5.74) is 3.00. The first kappa shape index (κ1) is 19.1. The zero-order valence-electron chi connectivity index (χ0n) is 16.4. The predicted molar refractivity (Wildman–Crippen MR) is 113 cm³/mol. The normalized spacial score (nSPS) is 11.1. The molecule has 3 heterocycles. The van der Waals surface area contributed by atoms with Crippen LogP contribution >= 0.6 is 11.3 Å². The van der Waals surface area contributed by atoms with Crippen LogP contribution < -0.4 is 5.56 Å². The first-order chi connectivity index (χ1) is 14.0. The van der Waals surface area contributed by atoms with Gasteiger partial charge < -0.3 is 9.15 Å². The average molecular weight is 408 g/mol. The fraction of sp³-hybridized carbons (Fsp3) is 0.227. The van der Waals surface area contributed by atoms with Gasteiger partial charge in [-0.1, -0.05) is 31.2 Å². The minimum absolute atomic E-state index is 0.106. The number of benzene rings is 1. The van der Waals surface area contributed by atoms with Crippen LogP contribution in [0.15, 0.2) is 51.0 Å². The van der Waals surface area contributed by atoms with Crippen molar-refractivity contribution in [2.75, 3.05) is 7.11 Å². The van der Waals surface area contributed by atoms with Crippen molar-refractivity contribution < 1.29 is 13.9 Å². The van der Waals surface area contributed by atoms with E-state index in [9.17, 15) is 9.59 Å². The van der Waals surface area contributed by atoms with Gasteiger partial charge in [0.1, 0.15) is 16.4 Å². The third kappa shape index (κ3) is 3.49. The highest BCUT2D eigenvalue weighted by Gasteiger charge is 2.17. The molecule has 0 radical (unpaired) electrons. The number of aryl methyl sites for hydroxylation is 2. The van der Waals surface area contributed by atoms with Crippen LogP contribution in [0.1, 0.15) is 34.6 Å². The molecule has 0 atom stereocenters. The summed E-state index contributed by atoms with van der Waals surface area (Å²) in [5.74, 6) is 0.632. The summed E-state index contributed by atoms with van der Waals surface area (Å²) < 4.78 is 11.8. The Morgan fingerprint density at radius 3 is 2.66 bits per heavy atom. The lowest BCUT2D eigenvalue weighted by Crippen LogP contribution is -2.24. The Bertz CT molecular complexity index is 1250. The third-order valence-electron chi connectivity index (χ3n) is 4.92. The second-order valence-electron chi connectivity index (χ2n) is 6.69. The molecule has 0 N–H and O–H groups in total.